The molecule has 2 heterocycles. The number of aromatic nitrogens is 1. The maximum Gasteiger partial charge on any atom is 0.130 e. The summed E-state index contributed by atoms with van der Waals surface area (Å²) in [5.74, 6) is 0. The van der Waals surface area contributed by atoms with E-state index in [4.69, 9.17) is 11.6 Å². The van der Waals surface area contributed by atoms with Gasteiger partial charge in [-0.2, -0.15) is 0 Å². The topological polar surface area (TPSA) is 33.1 Å². The Morgan fingerprint density at radius 1 is 1.29 bits per heavy atom. The minimum atomic E-state index is -0.673. The Labute approximate surface area is 90.8 Å². The number of rotatable bonds is 2. The largest absolute Gasteiger partial charge is 0.381 e. The van der Waals surface area contributed by atoms with Gasteiger partial charge in [-0.25, -0.2) is 0 Å². The minimum absolute atomic E-state index is 0.644. The molecule has 0 aromatic carbocycles. The van der Waals surface area contributed by atoms with E-state index in [0.717, 1.165) is 4.88 Å². The van der Waals surface area contributed by atoms with Crippen LogP contribution in [0.25, 0.3) is 0 Å². The van der Waals surface area contributed by atoms with E-state index in [9.17, 15) is 5.11 Å². The number of aliphatic hydroxyl groups is 1. The Balaban J connectivity index is 2.29. The maximum absolute atomic E-state index is 9.89. The molecule has 2 aromatic heterocycles. The highest BCUT2D eigenvalue weighted by Gasteiger charge is 2.12. The van der Waals surface area contributed by atoms with Crippen LogP contribution in [0.1, 0.15) is 16.7 Å². The molecule has 0 aliphatic rings. The van der Waals surface area contributed by atoms with Crippen LogP contribution in [0.5, 0.6) is 0 Å². The van der Waals surface area contributed by atoms with Crippen molar-refractivity contribution >= 4 is 22.9 Å². The molecule has 0 saturated carbocycles. The molecule has 2 nitrogen and oxygen atoms in total. The van der Waals surface area contributed by atoms with Crippen molar-refractivity contribution in [3.8, 4) is 0 Å². The van der Waals surface area contributed by atoms with E-state index in [1.807, 2.05) is 18.2 Å². The van der Waals surface area contributed by atoms with Crippen LogP contribution in [-0.4, -0.2) is 10.1 Å². The molecule has 0 amide bonds. The van der Waals surface area contributed by atoms with Crippen LogP contribution >= 0.6 is 22.9 Å². The van der Waals surface area contributed by atoms with Gasteiger partial charge in [0.05, 0.1) is 10.0 Å². The quantitative estimate of drug-likeness (QED) is 0.853. The van der Waals surface area contributed by atoms with Gasteiger partial charge in [0.2, 0.25) is 0 Å². The van der Waals surface area contributed by atoms with Crippen molar-refractivity contribution in [3.05, 3.63) is 51.4 Å². The first-order valence-electron chi connectivity index (χ1n) is 4.11. The van der Waals surface area contributed by atoms with E-state index < -0.39 is 6.10 Å². The summed E-state index contributed by atoms with van der Waals surface area (Å²) in [6.07, 6.45) is 0.988. The molecule has 0 aliphatic carbocycles. The van der Waals surface area contributed by atoms with E-state index in [2.05, 4.69) is 4.98 Å². The third-order valence-electron chi connectivity index (χ3n) is 1.83. The molecule has 0 bridgehead atoms. The van der Waals surface area contributed by atoms with E-state index in [1.54, 1.807) is 18.3 Å². The fourth-order valence-corrected chi connectivity index (χ4v) is 2.22. The van der Waals surface area contributed by atoms with E-state index in [0.29, 0.717) is 10.0 Å². The highest BCUT2D eigenvalue weighted by atomic mass is 35.5. The van der Waals surface area contributed by atoms with Gasteiger partial charge in [-0.1, -0.05) is 17.7 Å². The van der Waals surface area contributed by atoms with Gasteiger partial charge in [-0.15, -0.1) is 11.3 Å². The summed E-state index contributed by atoms with van der Waals surface area (Å²) >= 11 is 7.15. The van der Waals surface area contributed by atoms with E-state index >= 15 is 0 Å². The molecular formula is C10H8ClNOS. The van der Waals surface area contributed by atoms with Crippen molar-refractivity contribution in [1.82, 2.24) is 4.98 Å². The molecule has 14 heavy (non-hydrogen) atoms. The highest BCUT2D eigenvalue weighted by molar-refractivity contribution is 7.16. The number of nitrogens with zero attached hydrogens (tertiary/aromatic N) is 1. The second kappa shape index (κ2) is 4.09. The zero-order chi connectivity index (χ0) is 9.97. The first-order valence-corrected chi connectivity index (χ1v) is 5.31. The van der Waals surface area contributed by atoms with Crippen molar-refractivity contribution in [1.29, 1.82) is 0 Å². The van der Waals surface area contributed by atoms with Crippen LogP contribution in [-0.2, 0) is 0 Å². The molecule has 0 unspecified atom stereocenters. The lowest BCUT2D eigenvalue weighted by molar-refractivity contribution is 0.219. The van der Waals surface area contributed by atoms with E-state index in [1.165, 1.54) is 11.3 Å². The van der Waals surface area contributed by atoms with Gasteiger partial charge in [0, 0.05) is 11.1 Å². The van der Waals surface area contributed by atoms with Crippen LogP contribution < -0.4 is 0 Å². The number of hydrogen-bond acceptors (Lipinski definition) is 3. The Hall–Kier alpha value is -0.900. The van der Waals surface area contributed by atoms with Gasteiger partial charge in [-0.3, -0.25) is 4.98 Å². The summed E-state index contributed by atoms with van der Waals surface area (Å²) < 4.78 is 0.676. The molecule has 1 N–H and O–H groups in total. The van der Waals surface area contributed by atoms with Crippen LogP contribution in [0.3, 0.4) is 0 Å². The van der Waals surface area contributed by atoms with Crippen molar-refractivity contribution in [2.45, 2.75) is 6.10 Å². The lowest BCUT2D eigenvalue weighted by Crippen LogP contribution is -1.98. The van der Waals surface area contributed by atoms with Gasteiger partial charge in [0.15, 0.2) is 0 Å². The Morgan fingerprint density at radius 2 is 2.14 bits per heavy atom. The number of thiophene rings is 1. The highest BCUT2D eigenvalue weighted by Crippen LogP contribution is 2.29. The molecule has 1 atom stereocenters. The van der Waals surface area contributed by atoms with Crippen molar-refractivity contribution < 1.29 is 5.11 Å². The third kappa shape index (κ3) is 1.95. The van der Waals surface area contributed by atoms with Gasteiger partial charge < -0.3 is 5.11 Å². The zero-order valence-electron chi connectivity index (χ0n) is 7.22. The zero-order valence-corrected chi connectivity index (χ0v) is 8.79. The summed E-state index contributed by atoms with van der Waals surface area (Å²) in [5.41, 5.74) is 0.644. The second-order valence-corrected chi connectivity index (χ2v) is 4.55. The number of hydrogen-bond donors (Lipinski definition) is 1. The fourth-order valence-electron chi connectivity index (χ4n) is 1.16. The molecule has 0 spiro atoms. The average Bonchev–Trinajstić information content (AvgIpc) is 2.65. The Kier molecular flexibility index (Phi) is 2.82. The summed E-state index contributed by atoms with van der Waals surface area (Å²) in [7, 11) is 0. The molecule has 0 aliphatic heterocycles. The van der Waals surface area contributed by atoms with Gasteiger partial charge >= 0.3 is 0 Å². The number of halogens is 1. The normalized spacial score (nSPS) is 12.7. The summed E-state index contributed by atoms with van der Waals surface area (Å²) in [5, 5.41) is 9.89. The Bertz CT molecular complexity index is 415. The SMILES string of the molecule is O[C@@H](c1ccccn1)c1ccc(Cl)s1. The molecule has 2 aromatic rings. The van der Waals surface area contributed by atoms with Gasteiger partial charge in [0.25, 0.3) is 0 Å². The van der Waals surface area contributed by atoms with Crippen LogP contribution in [0.2, 0.25) is 4.34 Å². The second-order valence-electron chi connectivity index (χ2n) is 2.80. The summed E-state index contributed by atoms with van der Waals surface area (Å²) in [6.45, 7) is 0. The third-order valence-corrected chi connectivity index (χ3v) is 3.11. The lowest BCUT2D eigenvalue weighted by Gasteiger charge is -2.06. The number of aliphatic hydroxyl groups excluding tert-OH is 1. The van der Waals surface area contributed by atoms with Crippen molar-refractivity contribution in [2.75, 3.05) is 0 Å². The smallest absolute Gasteiger partial charge is 0.130 e. The number of pyridine rings is 1. The van der Waals surface area contributed by atoms with Crippen molar-refractivity contribution in [2.24, 2.45) is 0 Å². The first kappa shape index (κ1) is 9.65. The van der Waals surface area contributed by atoms with Crippen LogP contribution in [0, 0.1) is 0 Å². The van der Waals surface area contributed by atoms with Gasteiger partial charge in [-0.05, 0) is 24.3 Å². The summed E-state index contributed by atoms with van der Waals surface area (Å²) in [4.78, 5) is 4.89. The molecule has 0 fully saturated rings. The monoisotopic (exact) mass is 225 g/mol. The minimum Gasteiger partial charge on any atom is -0.381 e. The standard InChI is InChI=1S/C10H8ClNOS/c11-9-5-4-8(14-9)10(13)7-3-1-2-6-12-7/h1-6,10,13H/t10-/m0/s1. The molecule has 4 heteroatoms. The molecule has 72 valence electrons. The molecule has 0 saturated heterocycles. The first-order chi connectivity index (χ1) is 6.77. The van der Waals surface area contributed by atoms with Crippen LogP contribution in [0.4, 0.5) is 0 Å². The van der Waals surface area contributed by atoms with Crippen molar-refractivity contribution in [3.63, 3.8) is 0 Å². The lowest BCUT2D eigenvalue weighted by atomic mass is 10.2. The predicted octanol–water partition coefficient (Wildman–Crippen LogP) is 2.88. The van der Waals surface area contributed by atoms with E-state index in [-0.39, 0.29) is 0 Å². The summed E-state index contributed by atoms with van der Waals surface area (Å²) in [6, 6.07) is 9.04. The molecule has 0 radical (unpaired) electrons. The molecular weight excluding hydrogens is 218 g/mol. The Morgan fingerprint density at radius 3 is 2.71 bits per heavy atom. The predicted molar refractivity (Wildman–Crippen MR) is 57.6 cm³/mol. The van der Waals surface area contributed by atoms with Gasteiger partial charge in [0.1, 0.15) is 6.10 Å². The average molecular weight is 226 g/mol. The fraction of sp³-hybridized carbons (Fsp3) is 0.100. The van der Waals surface area contributed by atoms with Crippen LogP contribution in [0.15, 0.2) is 36.5 Å². The molecule has 2 rings (SSSR count). The maximum atomic E-state index is 9.89.